The monoisotopic (exact) mass is 256 g/mol. The highest BCUT2D eigenvalue weighted by atomic mass is 19.1. The minimum absolute atomic E-state index is 0.0704. The number of benzene rings is 1. The summed E-state index contributed by atoms with van der Waals surface area (Å²) in [6, 6.07) is 3.55. The van der Waals surface area contributed by atoms with Gasteiger partial charge in [0.25, 0.3) is 0 Å². The minimum atomic E-state index is -0.583. The first kappa shape index (κ1) is 13.4. The molecular weight excluding hydrogens is 238 g/mol. The molecule has 0 amide bonds. The van der Waals surface area contributed by atoms with Gasteiger partial charge in [0.2, 0.25) is 0 Å². The highest BCUT2D eigenvalue weighted by molar-refractivity contribution is 5.20. The van der Waals surface area contributed by atoms with Crippen molar-refractivity contribution < 1.29 is 13.5 Å². The maximum Gasteiger partial charge on any atom is 0.126 e. The molecule has 1 saturated heterocycles. The van der Waals surface area contributed by atoms with Gasteiger partial charge in [-0.1, -0.05) is 0 Å². The fraction of sp³-hybridized carbons (Fsp3) is 0.538. The number of rotatable bonds is 4. The molecule has 0 spiro atoms. The molecule has 0 radical (unpaired) electrons. The third kappa shape index (κ3) is 3.04. The molecule has 1 unspecified atom stereocenters. The summed E-state index contributed by atoms with van der Waals surface area (Å²) in [4.78, 5) is 0. The zero-order valence-corrected chi connectivity index (χ0v) is 10.3. The molecule has 0 aromatic heterocycles. The Kier molecular flexibility index (Phi) is 4.27. The summed E-state index contributed by atoms with van der Waals surface area (Å²) in [6.07, 6.45) is 0.333. The Hall–Kier alpha value is -1.04. The molecule has 1 heterocycles. The molecule has 1 aromatic carbocycles. The van der Waals surface area contributed by atoms with E-state index in [1.165, 1.54) is 12.1 Å². The molecule has 3 atom stereocenters. The van der Waals surface area contributed by atoms with Crippen LogP contribution in [0.3, 0.4) is 0 Å². The molecule has 0 bridgehead atoms. The molecule has 0 saturated carbocycles. The van der Waals surface area contributed by atoms with Crippen molar-refractivity contribution in [2.75, 3.05) is 20.2 Å². The molecule has 1 aromatic rings. The quantitative estimate of drug-likeness (QED) is 0.860. The highest BCUT2D eigenvalue weighted by Gasteiger charge is 2.27. The van der Waals surface area contributed by atoms with Gasteiger partial charge in [0.05, 0.1) is 6.10 Å². The molecular formula is C13H18F2N2O. The predicted molar refractivity (Wildman–Crippen MR) is 65.1 cm³/mol. The zero-order valence-electron chi connectivity index (χ0n) is 10.3. The Bertz CT molecular complexity index is 394. The van der Waals surface area contributed by atoms with E-state index in [2.05, 4.69) is 5.32 Å². The molecule has 0 aliphatic carbocycles. The first-order valence-electron chi connectivity index (χ1n) is 6.05. The van der Waals surface area contributed by atoms with Crippen LogP contribution in [-0.2, 0) is 4.74 Å². The normalized spacial score (nSPS) is 25.3. The third-order valence-electron chi connectivity index (χ3n) is 3.45. The average molecular weight is 256 g/mol. The Morgan fingerprint density at radius 2 is 2.00 bits per heavy atom. The molecule has 1 fully saturated rings. The summed E-state index contributed by atoms with van der Waals surface area (Å²) in [5.41, 5.74) is 6.48. The van der Waals surface area contributed by atoms with Crippen LogP contribution in [0.25, 0.3) is 0 Å². The van der Waals surface area contributed by atoms with Crippen molar-refractivity contribution in [1.29, 1.82) is 0 Å². The van der Waals surface area contributed by atoms with Crippen molar-refractivity contribution in [1.82, 2.24) is 5.32 Å². The van der Waals surface area contributed by atoms with Gasteiger partial charge in [-0.05, 0) is 36.6 Å². The van der Waals surface area contributed by atoms with E-state index < -0.39 is 11.6 Å². The molecule has 18 heavy (non-hydrogen) atoms. The molecule has 3 nitrogen and oxygen atoms in total. The molecule has 1 aliphatic rings. The van der Waals surface area contributed by atoms with Crippen LogP contribution >= 0.6 is 0 Å². The molecule has 3 N–H and O–H groups in total. The lowest BCUT2D eigenvalue weighted by Crippen LogP contribution is -2.30. The van der Waals surface area contributed by atoms with Crippen LogP contribution in [0.1, 0.15) is 18.1 Å². The van der Waals surface area contributed by atoms with Crippen LogP contribution in [-0.4, -0.2) is 26.2 Å². The number of methoxy groups -OCH3 is 1. The van der Waals surface area contributed by atoms with Gasteiger partial charge in [0.1, 0.15) is 11.6 Å². The lowest BCUT2D eigenvalue weighted by molar-refractivity contribution is 0.0799. The number of ether oxygens (including phenoxy) is 1. The van der Waals surface area contributed by atoms with Crippen LogP contribution in [0.5, 0.6) is 0 Å². The number of hydrogen-bond donors (Lipinski definition) is 2. The van der Waals surface area contributed by atoms with Crippen molar-refractivity contribution in [3.8, 4) is 0 Å². The van der Waals surface area contributed by atoms with Gasteiger partial charge in [0.15, 0.2) is 0 Å². The average Bonchev–Trinajstić information content (AvgIpc) is 2.70. The zero-order chi connectivity index (χ0) is 13.1. The Morgan fingerprint density at radius 1 is 1.33 bits per heavy atom. The molecule has 2 rings (SSSR count). The fourth-order valence-corrected chi connectivity index (χ4v) is 2.42. The van der Waals surface area contributed by atoms with Crippen molar-refractivity contribution in [2.45, 2.75) is 18.6 Å². The minimum Gasteiger partial charge on any atom is -0.377 e. The Balaban J connectivity index is 2.12. The first-order chi connectivity index (χ1) is 8.60. The number of halogens is 2. The van der Waals surface area contributed by atoms with Crippen molar-refractivity contribution in [3.63, 3.8) is 0 Å². The summed E-state index contributed by atoms with van der Waals surface area (Å²) in [5.74, 6) is -0.900. The summed E-state index contributed by atoms with van der Waals surface area (Å²) in [6.45, 7) is 1.59. The van der Waals surface area contributed by atoms with Gasteiger partial charge in [-0.25, -0.2) is 8.78 Å². The van der Waals surface area contributed by atoms with E-state index >= 15 is 0 Å². The first-order valence-corrected chi connectivity index (χ1v) is 6.05. The maximum absolute atomic E-state index is 13.2. The summed E-state index contributed by atoms with van der Waals surface area (Å²) < 4.78 is 31.7. The molecule has 5 heteroatoms. The second-order valence-electron chi connectivity index (χ2n) is 4.75. The summed E-state index contributed by atoms with van der Waals surface area (Å²) in [5, 5.41) is 3.20. The maximum atomic E-state index is 13.2. The third-order valence-corrected chi connectivity index (χ3v) is 3.45. The van der Waals surface area contributed by atoms with E-state index in [0.29, 0.717) is 12.0 Å². The van der Waals surface area contributed by atoms with Gasteiger partial charge >= 0.3 is 0 Å². The van der Waals surface area contributed by atoms with Gasteiger partial charge in [-0.15, -0.1) is 0 Å². The lowest BCUT2D eigenvalue weighted by Gasteiger charge is -2.22. The van der Waals surface area contributed by atoms with E-state index in [4.69, 9.17) is 10.5 Å². The van der Waals surface area contributed by atoms with E-state index in [0.717, 1.165) is 19.2 Å². The number of hydrogen-bond acceptors (Lipinski definition) is 3. The van der Waals surface area contributed by atoms with Crippen LogP contribution in [0.2, 0.25) is 0 Å². The van der Waals surface area contributed by atoms with Crippen LogP contribution < -0.4 is 11.1 Å². The van der Waals surface area contributed by atoms with Crippen LogP contribution in [0.15, 0.2) is 18.2 Å². The van der Waals surface area contributed by atoms with Gasteiger partial charge in [-0.2, -0.15) is 0 Å². The van der Waals surface area contributed by atoms with Crippen LogP contribution in [0.4, 0.5) is 8.78 Å². The van der Waals surface area contributed by atoms with E-state index in [-0.39, 0.29) is 18.1 Å². The SMILES string of the molecule is COC(C[C@@H]1CNC[C@H]1N)c1cc(F)cc(F)c1. The standard InChI is InChI=1S/C13H18F2N2O/c1-18-13(4-9-6-17-7-12(9)16)8-2-10(14)5-11(15)3-8/h2-3,5,9,12-13,17H,4,6-7,16H2,1H3/t9-,12-,13?/m1/s1. The van der Waals surface area contributed by atoms with E-state index in [1.54, 1.807) is 7.11 Å². The summed E-state index contributed by atoms with van der Waals surface area (Å²) in [7, 11) is 1.54. The smallest absolute Gasteiger partial charge is 0.126 e. The highest BCUT2D eigenvalue weighted by Crippen LogP contribution is 2.28. The predicted octanol–water partition coefficient (Wildman–Crippen LogP) is 1.59. The van der Waals surface area contributed by atoms with Crippen molar-refractivity contribution in [2.24, 2.45) is 11.7 Å². The Morgan fingerprint density at radius 3 is 2.50 bits per heavy atom. The van der Waals surface area contributed by atoms with Gasteiger partial charge in [0, 0.05) is 25.8 Å². The molecule has 100 valence electrons. The number of nitrogens with one attached hydrogen (secondary N) is 1. The lowest BCUT2D eigenvalue weighted by atomic mass is 9.93. The van der Waals surface area contributed by atoms with Crippen molar-refractivity contribution >= 4 is 0 Å². The largest absolute Gasteiger partial charge is 0.377 e. The summed E-state index contributed by atoms with van der Waals surface area (Å²) >= 11 is 0. The molecule has 1 aliphatic heterocycles. The fourth-order valence-electron chi connectivity index (χ4n) is 2.42. The van der Waals surface area contributed by atoms with E-state index in [9.17, 15) is 8.78 Å². The second-order valence-corrected chi connectivity index (χ2v) is 4.75. The van der Waals surface area contributed by atoms with Gasteiger partial charge < -0.3 is 15.8 Å². The topological polar surface area (TPSA) is 47.3 Å². The van der Waals surface area contributed by atoms with Crippen molar-refractivity contribution in [3.05, 3.63) is 35.4 Å². The number of nitrogens with two attached hydrogens (primary N) is 1. The van der Waals surface area contributed by atoms with E-state index in [1.807, 2.05) is 0 Å². The van der Waals surface area contributed by atoms with Crippen LogP contribution in [0, 0.1) is 17.6 Å². The Labute approximate surface area is 105 Å². The second kappa shape index (κ2) is 5.73. The van der Waals surface area contributed by atoms with Gasteiger partial charge in [-0.3, -0.25) is 0 Å².